The number of halogens is 1. The second-order valence-corrected chi connectivity index (χ2v) is 2.38. The number of hydrogen-bond acceptors (Lipinski definition) is 1. The van der Waals surface area contributed by atoms with Gasteiger partial charge in [-0.3, -0.25) is 0 Å². The molecule has 1 unspecified atom stereocenters. The van der Waals surface area contributed by atoms with Crippen molar-refractivity contribution in [2.45, 2.75) is 13.0 Å². The first-order valence-corrected chi connectivity index (χ1v) is 3.14. The van der Waals surface area contributed by atoms with Gasteiger partial charge in [0, 0.05) is 4.48 Å². The van der Waals surface area contributed by atoms with E-state index in [0.717, 1.165) is 4.48 Å². The van der Waals surface area contributed by atoms with Crippen molar-refractivity contribution >= 4 is 15.9 Å². The first kappa shape index (κ1) is 7.92. The number of allylic oxidation sites excluding steroid dienone is 2. The van der Waals surface area contributed by atoms with Crippen LogP contribution in [0.25, 0.3) is 0 Å². The molecule has 0 heterocycles. The minimum Gasteiger partial charge on any atom is -0.388 e. The molecule has 0 bridgehead atoms. The van der Waals surface area contributed by atoms with Crippen LogP contribution in [0.4, 0.5) is 0 Å². The van der Waals surface area contributed by atoms with E-state index in [1.165, 1.54) is 0 Å². The monoisotopic (exact) mass is 176 g/mol. The molecule has 0 aliphatic rings. The fraction of sp³-hybridized carbons (Fsp3) is 0.333. The van der Waals surface area contributed by atoms with Crippen LogP contribution in [0.2, 0.25) is 0 Å². The van der Waals surface area contributed by atoms with Gasteiger partial charge in [0.2, 0.25) is 0 Å². The van der Waals surface area contributed by atoms with Crippen LogP contribution in [0, 0.1) is 0 Å². The summed E-state index contributed by atoms with van der Waals surface area (Å²) in [7, 11) is 0. The van der Waals surface area contributed by atoms with Gasteiger partial charge in [-0.15, -0.1) is 0 Å². The van der Waals surface area contributed by atoms with Gasteiger partial charge in [-0.2, -0.15) is 0 Å². The molecule has 0 aromatic rings. The summed E-state index contributed by atoms with van der Waals surface area (Å²) in [5.74, 6) is 0. The average Bonchev–Trinajstić information content (AvgIpc) is 1.67. The molecule has 1 N–H and O–H groups in total. The average molecular weight is 177 g/mol. The van der Waals surface area contributed by atoms with Crippen LogP contribution in [-0.2, 0) is 0 Å². The van der Waals surface area contributed by atoms with Crippen molar-refractivity contribution in [1.29, 1.82) is 0 Å². The third kappa shape index (κ3) is 2.99. The van der Waals surface area contributed by atoms with E-state index in [-0.39, 0.29) is 0 Å². The van der Waals surface area contributed by atoms with Crippen LogP contribution >= 0.6 is 15.9 Å². The topological polar surface area (TPSA) is 20.2 Å². The van der Waals surface area contributed by atoms with Crippen LogP contribution in [0.3, 0.4) is 0 Å². The zero-order valence-corrected chi connectivity index (χ0v) is 6.35. The van der Waals surface area contributed by atoms with Crippen molar-refractivity contribution in [2.24, 2.45) is 0 Å². The summed E-state index contributed by atoms with van der Waals surface area (Å²) in [5.41, 5.74) is 0. The van der Waals surface area contributed by atoms with E-state index in [4.69, 9.17) is 5.11 Å². The lowest BCUT2D eigenvalue weighted by Gasteiger charge is -1.97. The first-order valence-electron chi connectivity index (χ1n) is 2.34. The van der Waals surface area contributed by atoms with E-state index in [0.29, 0.717) is 0 Å². The smallest absolute Gasteiger partial charge is 0.0826 e. The summed E-state index contributed by atoms with van der Waals surface area (Å²) in [6, 6.07) is 0. The van der Waals surface area contributed by atoms with Gasteiger partial charge >= 0.3 is 0 Å². The summed E-state index contributed by atoms with van der Waals surface area (Å²) >= 11 is 3.14. The molecule has 0 saturated carbocycles. The van der Waals surface area contributed by atoms with Crippen molar-refractivity contribution in [3.8, 4) is 0 Å². The minimum absolute atomic E-state index is 0.423. The highest BCUT2D eigenvalue weighted by Crippen LogP contribution is 2.09. The van der Waals surface area contributed by atoms with E-state index in [1.807, 2.05) is 0 Å². The molecule has 8 heavy (non-hydrogen) atoms. The van der Waals surface area contributed by atoms with E-state index in [1.54, 1.807) is 19.1 Å². The molecule has 0 aromatic carbocycles. The molecular formula is C6H9BrO. The summed E-state index contributed by atoms with van der Waals surface area (Å²) < 4.78 is 0.757. The fourth-order valence-corrected chi connectivity index (χ4v) is 0.439. The summed E-state index contributed by atoms with van der Waals surface area (Å²) in [4.78, 5) is 0. The van der Waals surface area contributed by atoms with Gasteiger partial charge < -0.3 is 5.11 Å². The van der Waals surface area contributed by atoms with Gasteiger partial charge in [-0.1, -0.05) is 34.7 Å². The van der Waals surface area contributed by atoms with Crippen LogP contribution in [0.15, 0.2) is 23.2 Å². The third-order valence-corrected chi connectivity index (χ3v) is 1.60. The molecule has 0 aliphatic carbocycles. The van der Waals surface area contributed by atoms with Crippen LogP contribution in [0.5, 0.6) is 0 Å². The van der Waals surface area contributed by atoms with E-state index in [2.05, 4.69) is 22.5 Å². The lowest BCUT2D eigenvalue weighted by Crippen LogP contribution is -1.96. The van der Waals surface area contributed by atoms with Crippen molar-refractivity contribution in [1.82, 2.24) is 0 Å². The molecule has 0 rings (SSSR count). The van der Waals surface area contributed by atoms with E-state index < -0.39 is 6.10 Å². The van der Waals surface area contributed by atoms with E-state index in [9.17, 15) is 0 Å². The maximum absolute atomic E-state index is 8.79. The summed E-state index contributed by atoms with van der Waals surface area (Å²) in [6.07, 6.45) is 2.91. The van der Waals surface area contributed by atoms with Gasteiger partial charge in [0.1, 0.15) is 0 Å². The molecule has 0 aromatic heterocycles. The highest BCUT2D eigenvalue weighted by atomic mass is 79.9. The number of aliphatic hydroxyl groups is 1. The Hall–Kier alpha value is -0.0800. The molecule has 0 radical (unpaired) electrons. The number of hydrogen-bond donors (Lipinski definition) is 1. The predicted octanol–water partition coefficient (Wildman–Crippen LogP) is 1.83. The molecule has 46 valence electrons. The van der Waals surface area contributed by atoms with Gasteiger partial charge in [-0.25, -0.2) is 0 Å². The van der Waals surface area contributed by atoms with Gasteiger partial charge in [0.15, 0.2) is 0 Å². The fourth-order valence-electron chi connectivity index (χ4n) is 0.252. The second-order valence-electron chi connectivity index (χ2n) is 1.46. The molecule has 0 amide bonds. The molecule has 1 atom stereocenters. The lowest BCUT2D eigenvalue weighted by atomic mass is 10.3. The van der Waals surface area contributed by atoms with Crippen molar-refractivity contribution in [3.63, 3.8) is 0 Å². The van der Waals surface area contributed by atoms with Gasteiger partial charge in [0.05, 0.1) is 6.10 Å². The quantitative estimate of drug-likeness (QED) is 0.638. The van der Waals surface area contributed by atoms with Crippen molar-refractivity contribution < 1.29 is 5.11 Å². The molecule has 1 nitrogen and oxygen atoms in total. The lowest BCUT2D eigenvalue weighted by molar-refractivity contribution is 0.241. The molecule has 0 spiro atoms. The SMILES string of the molecule is C=C/C=C(\Br)C(C)O. The Balaban J connectivity index is 3.78. The van der Waals surface area contributed by atoms with Gasteiger partial charge in [0.25, 0.3) is 0 Å². The van der Waals surface area contributed by atoms with Crippen LogP contribution in [0.1, 0.15) is 6.92 Å². The largest absolute Gasteiger partial charge is 0.388 e. The highest BCUT2D eigenvalue weighted by molar-refractivity contribution is 9.11. The second kappa shape index (κ2) is 3.87. The predicted molar refractivity (Wildman–Crippen MR) is 38.9 cm³/mol. The van der Waals surface area contributed by atoms with Crippen LogP contribution in [-0.4, -0.2) is 11.2 Å². The van der Waals surface area contributed by atoms with Crippen molar-refractivity contribution in [2.75, 3.05) is 0 Å². The number of aliphatic hydroxyl groups excluding tert-OH is 1. The van der Waals surface area contributed by atoms with E-state index >= 15 is 0 Å². The maximum atomic E-state index is 8.79. The Morgan fingerprint density at radius 2 is 2.38 bits per heavy atom. The van der Waals surface area contributed by atoms with Gasteiger partial charge in [-0.05, 0) is 6.92 Å². The highest BCUT2D eigenvalue weighted by Gasteiger charge is 1.95. The molecule has 0 fully saturated rings. The van der Waals surface area contributed by atoms with Crippen LogP contribution < -0.4 is 0 Å². The first-order chi connectivity index (χ1) is 3.68. The maximum Gasteiger partial charge on any atom is 0.0826 e. The molecule has 2 heteroatoms. The molecule has 0 saturated heterocycles. The third-order valence-electron chi connectivity index (χ3n) is 0.676. The Labute approximate surface area is 57.8 Å². The molecular weight excluding hydrogens is 168 g/mol. The summed E-state index contributed by atoms with van der Waals surface area (Å²) in [5, 5.41) is 8.79. The Morgan fingerprint density at radius 3 is 2.50 bits per heavy atom. The van der Waals surface area contributed by atoms with Crippen molar-refractivity contribution in [3.05, 3.63) is 23.2 Å². The normalized spacial score (nSPS) is 15.6. The zero-order chi connectivity index (χ0) is 6.57. The minimum atomic E-state index is -0.423. The molecule has 0 aliphatic heterocycles. The Morgan fingerprint density at radius 1 is 1.88 bits per heavy atom. The Kier molecular flexibility index (Phi) is 3.83. The number of rotatable bonds is 2. The summed E-state index contributed by atoms with van der Waals surface area (Å²) in [6.45, 7) is 5.15. The standard InChI is InChI=1S/C6H9BrO/c1-3-4-6(7)5(2)8/h3-5,8H,1H2,2H3/b6-4-. The zero-order valence-electron chi connectivity index (χ0n) is 4.76. The Bertz CT molecular complexity index is 105.